The third-order valence-electron chi connectivity index (χ3n) is 5.91. The molecule has 1 aromatic carbocycles. The van der Waals surface area contributed by atoms with Crippen molar-refractivity contribution in [2.45, 2.75) is 51.1 Å². The van der Waals surface area contributed by atoms with Crippen LogP contribution in [0.15, 0.2) is 29.1 Å². The molecule has 1 spiro atoms. The lowest BCUT2D eigenvalue weighted by atomic mass is 9.82. The zero-order chi connectivity index (χ0) is 19.7. The van der Waals surface area contributed by atoms with Crippen LogP contribution < -0.4 is 15.8 Å². The van der Waals surface area contributed by atoms with Gasteiger partial charge >= 0.3 is 6.03 Å². The van der Waals surface area contributed by atoms with E-state index in [1.54, 1.807) is 12.1 Å². The van der Waals surface area contributed by atoms with Crippen LogP contribution in [0, 0.1) is 0 Å². The van der Waals surface area contributed by atoms with Crippen molar-refractivity contribution in [3.8, 4) is 0 Å². The number of imide groups is 1. The number of amides is 3. The maximum Gasteiger partial charge on any atom is 0.329 e. The molecule has 1 aromatic heterocycles. The predicted molar refractivity (Wildman–Crippen MR) is 104 cm³/mol. The number of benzene rings is 1. The molecular formula is C20H26N5O3+. The van der Waals surface area contributed by atoms with Crippen LogP contribution in [0.1, 0.15) is 44.9 Å². The van der Waals surface area contributed by atoms with Gasteiger partial charge in [0.15, 0.2) is 12.5 Å². The van der Waals surface area contributed by atoms with Crippen molar-refractivity contribution in [1.29, 1.82) is 0 Å². The van der Waals surface area contributed by atoms with Crippen LogP contribution in [0.5, 0.6) is 0 Å². The number of rotatable bonds is 5. The fourth-order valence-corrected chi connectivity index (χ4v) is 4.29. The highest BCUT2D eigenvalue weighted by atomic mass is 16.2. The monoisotopic (exact) mass is 384 g/mol. The number of nitrogens with zero attached hydrogens (tertiary/aromatic N) is 2. The Balaban J connectivity index is 1.51. The Kier molecular flexibility index (Phi) is 4.89. The number of carbonyl (C=O) groups excluding carboxylic acids is 2. The van der Waals surface area contributed by atoms with Crippen molar-refractivity contribution < 1.29 is 14.5 Å². The Labute approximate surface area is 162 Å². The van der Waals surface area contributed by atoms with E-state index in [2.05, 4.69) is 15.3 Å². The molecule has 3 N–H and O–H groups in total. The van der Waals surface area contributed by atoms with Crippen molar-refractivity contribution in [1.82, 2.24) is 20.2 Å². The molecule has 8 heteroatoms. The summed E-state index contributed by atoms with van der Waals surface area (Å²) in [4.78, 5) is 47.5. The second-order valence-electron chi connectivity index (χ2n) is 7.77. The predicted octanol–water partition coefficient (Wildman–Crippen LogP) is 0.540. The number of aromatic amines is 1. The molecule has 28 heavy (non-hydrogen) atoms. The summed E-state index contributed by atoms with van der Waals surface area (Å²) in [5.41, 5.74) is -0.232. The maximum atomic E-state index is 13.0. The summed E-state index contributed by atoms with van der Waals surface area (Å²) in [6.07, 6.45) is 4.47. The highest BCUT2D eigenvalue weighted by Crippen LogP contribution is 2.33. The number of nitrogens with one attached hydrogen (secondary N) is 3. The van der Waals surface area contributed by atoms with E-state index in [0.29, 0.717) is 29.8 Å². The summed E-state index contributed by atoms with van der Waals surface area (Å²) >= 11 is 0. The molecule has 0 radical (unpaired) electrons. The molecule has 1 saturated heterocycles. The molecule has 3 amide bonds. The summed E-state index contributed by atoms with van der Waals surface area (Å²) in [5, 5.41) is 3.50. The lowest BCUT2D eigenvalue weighted by Gasteiger charge is -2.30. The molecule has 2 fully saturated rings. The number of quaternary nitrogens is 1. The van der Waals surface area contributed by atoms with Gasteiger partial charge in [0.2, 0.25) is 0 Å². The molecule has 2 heterocycles. The van der Waals surface area contributed by atoms with Crippen LogP contribution in [-0.4, -0.2) is 45.6 Å². The number of carbonyl (C=O) groups is 2. The van der Waals surface area contributed by atoms with E-state index in [9.17, 15) is 14.4 Å². The Morgan fingerprint density at radius 2 is 1.89 bits per heavy atom. The van der Waals surface area contributed by atoms with Crippen LogP contribution in [-0.2, 0) is 11.3 Å². The Hall–Kier alpha value is -2.74. The minimum absolute atomic E-state index is 0.108. The van der Waals surface area contributed by atoms with E-state index in [-0.39, 0.29) is 24.2 Å². The maximum absolute atomic E-state index is 13.0. The van der Waals surface area contributed by atoms with Gasteiger partial charge in [-0.3, -0.25) is 9.59 Å². The normalized spacial score (nSPS) is 20.0. The summed E-state index contributed by atoms with van der Waals surface area (Å²) < 4.78 is 0. The topological polar surface area (TPSA) is 99.6 Å². The van der Waals surface area contributed by atoms with Gasteiger partial charge in [-0.1, -0.05) is 31.4 Å². The molecule has 8 nitrogen and oxygen atoms in total. The van der Waals surface area contributed by atoms with Gasteiger partial charge in [0.1, 0.15) is 12.1 Å². The van der Waals surface area contributed by atoms with Gasteiger partial charge in [0.25, 0.3) is 11.5 Å². The molecule has 1 atom stereocenters. The average molecular weight is 384 g/mol. The number of urea groups is 1. The van der Waals surface area contributed by atoms with Crippen LogP contribution in [0.2, 0.25) is 0 Å². The summed E-state index contributed by atoms with van der Waals surface area (Å²) in [5.74, 6) is 0.447. The molecule has 0 bridgehead atoms. The highest BCUT2D eigenvalue weighted by Gasteiger charge is 2.52. The van der Waals surface area contributed by atoms with Crippen LogP contribution in [0.4, 0.5) is 4.79 Å². The van der Waals surface area contributed by atoms with Crippen LogP contribution >= 0.6 is 0 Å². The van der Waals surface area contributed by atoms with Crippen molar-refractivity contribution in [3.63, 3.8) is 0 Å². The molecule has 2 aliphatic rings. The molecule has 4 rings (SSSR count). The van der Waals surface area contributed by atoms with E-state index in [0.717, 1.165) is 37.0 Å². The smallest absolute Gasteiger partial charge is 0.323 e. The molecular weight excluding hydrogens is 358 g/mol. The highest BCUT2D eigenvalue weighted by molar-refractivity contribution is 6.06. The van der Waals surface area contributed by atoms with Crippen molar-refractivity contribution in [2.24, 2.45) is 0 Å². The number of para-hydroxylation sites is 1. The first-order valence-corrected chi connectivity index (χ1v) is 9.98. The first-order valence-electron chi connectivity index (χ1n) is 9.98. The SMILES string of the molecule is CC[NH+](Cc1nc2ccccc2c(=O)[nH]1)CN1C(=O)NC2(CCCCC2)C1=O. The van der Waals surface area contributed by atoms with Crippen molar-refractivity contribution in [3.05, 3.63) is 40.4 Å². The second kappa shape index (κ2) is 7.35. The summed E-state index contributed by atoms with van der Waals surface area (Å²) in [6.45, 7) is 3.38. The molecule has 148 valence electrons. The zero-order valence-electron chi connectivity index (χ0n) is 16.1. The van der Waals surface area contributed by atoms with Crippen molar-refractivity contribution in [2.75, 3.05) is 13.2 Å². The Morgan fingerprint density at radius 1 is 1.14 bits per heavy atom. The molecule has 1 unspecified atom stereocenters. The lowest BCUT2D eigenvalue weighted by molar-refractivity contribution is -0.919. The van der Waals surface area contributed by atoms with Crippen LogP contribution in [0.25, 0.3) is 10.9 Å². The van der Waals surface area contributed by atoms with E-state index in [1.807, 2.05) is 19.1 Å². The van der Waals surface area contributed by atoms with Gasteiger partial charge in [0, 0.05) is 0 Å². The molecule has 1 saturated carbocycles. The lowest BCUT2D eigenvalue weighted by Crippen LogP contribution is -3.12. The number of H-pyrrole nitrogens is 1. The largest absolute Gasteiger partial charge is 0.329 e. The number of hydrogen-bond donors (Lipinski definition) is 3. The van der Waals surface area contributed by atoms with E-state index >= 15 is 0 Å². The minimum atomic E-state index is -0.705. The molecule has 1 aliphatic carbocycles. The fraction of sp³-hybridized carbons (Fsp3) is 0.500. The van der Waals surface area contributed by atoms with E-state index in [4.69, 9.17) is 0 Å². The number of aromatic nitrogens is 2. The van der Waals surface area contributed by atoms with Crippen molar-refractivity contribution >= 4 is 22.8 Å². The first-order chi connectivity index (χ1) is 13.5. The van der Waals surface area contributed by atoms with Gasteiger partial charge in [-0.2, -0.15) is 0 Å². The Bertz CT molecular complexity index is 964. The standard InChI is InChI=1S/C20H25N5O3/c1-2-24(12-16-21-15-9-5-4-8-14(15)17(26)22-16)13-25-18(27)20(23-19(25)28)10-6-3-7-11-20/h4-5,8-9H,2-3,6-7,10-13H2,1H3,(H,23,28)(H,21,22,26)/p+1. The zero-order valence-corrected chi connectivity index (χ0v) is 16.1. The quantitative estimate of drug-likeness (QED) is 0.655. The van der Waals surface area contributed by atoms with Gasteiger partial charge in [-0.15, -0.1) is 0 Å². The summed E-state index contributed by atoms with van der Waals surface area (Å²) in [7, 11) is 0. The Morgan fingerprint density at radius 3 is 2.64 bits per heavy atom. The van der Waals surface area contributed by atoms with E-state index in [1.165, 1.54) is 4.90 Å². The first kappa shape index (κ1) is 18.6. The summed E-state index contributed by atoms with van der Waals surface area (Å²) in [6, 6.07) is 6.90. The third-order valence-corrected chi connectivity index (χ3v) is 5.91. The number of fused-ring (bicyclic) bond motifs is 1. The van der Waals surface area contributed by atoms with E-state index < -0.39 is 5.54 Å². The molecule has 2 aromatic rings. The van der Waals surface area contributed by atoms with Gasteiger partial charge < -0.3 is 15.2 Å². The average Bonchev–Trinajstić information content (AvgIpc) is 2.92. The van der Waals surface area contributed by atoms with Gasteiger partial charge in [-0.25, -0.2) is 14.7 Å². The minimum Gasteiger partial charge on any atom is -0.323 e. The van der Waals surface area contributed by atoms with Gasteiger partial charge in [0.05, 0.1) is 17.4 Å². The number of hydrogen-bond acceptors (Lipinski definition) is 4. The van der Waals surface area contributed by atoms with Crippen LogP contribution in [0.3, 0.4) is 0 Å². The second-order valence-corrected chi connectivity index (χ2v) is 7.77. The van der Waals surface area contributed by atoms with Gasteiger partial charge in [-0.05, 0) is 31.9 Å². The fourth-order valence-electron chi connectivity index (χ4n) is 4.29. The third kappa shape index (κ3) is 3.28. The molecule has 1 aliphatic heterocycles.